The number of aromatic nitrogens is 2. The Morgan fingerprint density at radius 3 is 1.34 bits per heavy atom. The Morgan fingerprint density at radius 1 is 0.339 bits per heavy atom. The molecule has 5 heteroatoms. The SMILES string of the molecule is Cc1c(-c2cc3ccccc3c3c2oc2ccc4ccccc4c23)nc(-c2ccc3c(c2)oc2ccccc23)nc1-c1cc2ccccc2c2c1oc1ccc3ccccc3c12. The fourth-order valence-corrected chi connectivity index (χ4v) is 10.2. The van der Waals surface area contributed by atoms with Gasteiger partial charge in [-0.2, -0.15) is 0 Å². The summed E-state index contributed by atoms with van der Waals surface area (Å²) in [5.41, 5.74) is 10.0. The third-order valence-corrected chi connectivity index (χ3v) is 13.0. The van der Waals surface area contributed by atoms with Crippen LogP contribution in [-0.2, 0) is 0 Å². The summed E-state index contributed by atoms with van der Waals surface area (Å²) in [4.78, 5) is 11.1. The molecule has 0 unspecified atom stereocenters. The lowest BCUT2D eigenvalue weighted by molar-refractivity contribution is 0.668. The van der Waals surface area contributed by atoms with Crippen LogP contribution < -0.4 is 0 Å². The molecule has 0 amide bonds. The van der Waals surface area contributed by atoms with Crippen LogP contribution in [0.4, 0.5) is 0 Å². The minimum absolute atomic E-state index is 0.577. The predicted octanol–water partition coefficient (Wildman–Crippen LogP) is 16.1. The van der Waals surface area contributed by atoms with Crippen molar-refractivity contribution in [1.29, 1.82) is 0 Å². The van der Waals surface area contributed by atoms with Gasteiger partial charge >= 0.3 is 0 Å². The van der Waals surface area contributed by atoms with Gasteiger partial charge in [-0.05, 0) is 92.5 Å². The van der Waals surface area contributed by atoms with Crippen LogP contribution in [0.25, 0.3) is 143 Å². The second kappa shape index (κ2) is 12.4. The summed E-state index contributed by atoms with van der Waals surface area (Å²) >= 11 is 0. The van der Waals surface area contributed by atoms with E-state index in [0.717, 1.165) is 132 Å². The van der Waals surface area contributed by atoms with Crippen molar-refractivity contribution in [2.75, 3.05) is 0 Å². The number of fused-ring (bicyclic) bond motifs is 17. The minimum atomic E-state index is 0.577. The molecule has 288 valence electrons. The molecule has 62 heavy (non-hydrogen) atoms. The lowest BCUT2D eigenvalue weighted by Crippen LogP contribution is -2.01. The van der Waals surface area contributed by atoms with Crippen molar-refractivity contribution in [2.45, 2.75) is 6.92 Å². The van der Waals surface area contributed by atoms with E-state index in [2.05, 4.69) is 165 Å². The van der Waals surface area contributed by atoms with E-state index in [1.165, 1.54) is 10.8 Å². The Kier molecular flexibility index (Phi) is 6.70. The van der Waals surface area contributed by atoms with Crippen molar-refractivity contribution in [1.82, 2.24) is 9.97 Å². The Labute approximate surface area is 353 Å². The molecule has 0 spiro atoms. The van der Waals surface area contributed by atoms with E-state index < -0.39 is 0 Å². The number of benzene rings is 10. The summed E-state index contributed by atoms with van der Waals surface area (Å²) < 4.78 is 20.4. The molecule has 10 aromatic carbocycles. The molecule has 0 aliphatic heterocycles. The van der Waals surface area contributed by atoms with E-state index in [9.17, 15) is 0 Å². The Hall–Kier alpha value is -8.28. The highest BCUT2D eigenvalue weighted by atomic mass is 16.3. The molecule has 0 aliphatic carbocycles. The normalized spacial score (nSPS) is 12.3. The van der Waals surface area contributed by atoms with E-state index in [1.807, 2.05) is 18.2 Å². The van der Waals surface area contributed by atoms with Gasteiger partial charge in [-0.25, -0.2) is 9.97 Å². The quantitative estimate of drug-likeness (QED) is 0.178. The lowest BCUT2D eigenvalue weighted by Gasteiger charge is -2.16. The number of para-hydroxylation sites is 1. The van der Waals surface area contributed by atoms with Gasteiger partial charge < -0.3 is 13.3 Å². The molecule has 0 bridgehead atoms. The summed E-state index contributed by atoms with van der Waals surface area (Å²) in [7, 11) is 0. The van der Waals surface area contributed by atoms with Crippen molar-refractivity contribution >= 4 is 109 Å². The van der Waals surface area contributed by atoms with E-state index in [4.69, 9.17) is 23.2 Å². The maximum atomic E-state index is 7.01. The van der Waals surface area contributed by atoms with Crippen LogP contribution in [0.2, 0.25) is 0 Å². The summed E-state index contributed by atoms with van der Waals surface area (Å²) in [5.74, 6) is 0.577. The molecule has 0 aliphatic rings. The van der Waals surface area contributed by atoms with Crippen LogP contribution >= 0.6 is 0 Å². The van der Waals surface area contributed by atoms with Crippen molar-refractivity contribution in [2.24, 2.45) is 0 Å². The molecule has 4 aromatic heterocycles. The molecule has 0 radical (unpaired) electrons. The van der Waals surface area contributed by atoms with Crippen molar-refractivity contribution in [3.63, 3.8) is 0 Å². The summed E-state index contributed by atoms with van der Waals surface area (Å²) in [6, 6.07) is 61.6. The first-order valence-electron chi connectivity index (χ1n) is 21.0. The summed E-state index contributed by atoms with van der Waals surface area (Å²) in [6.07, 6.45) is 0. The van der Waals surface area contributed by atoms with Gasteiger partial charge in [-0.15, -0.1) is 0 Å². The van der Waals surface area contributed by atoms with Crippen LogP contribution in [0.15, 0.2) is 189 Å². The van der Waals surface area contributed by atoms with Gasteiger partial charge in [-0.3, -0.25) is 0 Å². The highest BCUT2D eigenvalue weighted by Gasteiger charge is 2.26. The topological polar surface area (TPSA) is 65.2 Å². The predicted molar refractivity (Wildman–Crippen MR) is 255 cm³/mol. The molecular formula is C57H32N2O3. The first kappa shape index (κ1) is 33.5. The molecule has 4 heterocycles. The van der Waals surface area contributed by atoms with Crippen LogP contribution in [0.1, 0.15) is 5.56 Å². The molecule has 5 nitrogen and oxygen atoms in total. The van der Waals surface area contributed by atoms with E-state index in [1.54, 1.807) is 0 Å². The molecule has 14 rings (SSSR count). The molecule has 0 fully saturated rings. The fourth-order valence-electron chi connectivity index (χ4n) is 10.2. The fraction of sp³-hybridized carbons (Fsp3) is 0.0175. The Bertz CT molecular complexity index is 4030. The zero-order valence-electron chi connectivity index (χ0n) is 33.4. The Balaban J connectivity index is 1.13. The summed E-state index contributed by atoms with van der Waals surface area (Å²) in [6.45, 7) is 2.13. The monoisotopic (exact) mass is 792 g/mol. The largest absolute Gasteiger partial charge is 0.456 e. The number of rotatable bonds is 3. The van der Waals surface area contributed by atoms with Crippen molar-refractivity contribution in [3.05, 3.63) is 181 Å². The van der Waals surface area contributed by atoms with E-state index in [0.29, 0.717) is 5.82 Å². The first-order valence-corrected chi connectivity index (χ1v) is 21.0. The molecule has 14 aromatic rings. The maximum absolute atomic E-state index is 7.01. The Morgan fingerprint density at radius 2 is 0.790 bits per heavy atom. The molecule has 0 saturated carbocycles. The lowest BCUT2D eigenvalue weighted by atomic mass is 9.92. The van der Waals surface area contributed by atoms with Gasteiger partial charge in [0.25, 0.3) is 0 Å². The standard InChI is InChI=1S/C57H32N2O3/c1-31-53(43-28-34-14-4-8-18-39(34)51-49-37-16-6-2-12-32(37)23-26-46(49)61-55(43)51)58-57(36-22-25-42-41-20-10-11-21-45(41)60-48(42)30-36)59-54(31)44-29-35-15-5-9-19-40(35)52-50-38-17-7-3-13-33(38)24-27-47(50)62-56(44)52/h2-30H,1H3. The van der Waals surface area contributed by atoms with E-state index in [-0.39, 0.29) is 0 Å². The second-order valence-corrected chi connectivity index (χ2v) is 16.4. The summed E-state index contributed by atoms with van der Waals surface area (Å²) in [5, 5.41) is 15.6. The van der Waals surface area contributed by atoms with Crippen LogP contribution in [0.3, 0.4) is 0 Å². The third-order valence-electron chi connectivity index (χ3n) is 13.0. The van der Waals surface area contributed by atoms with E-state index >= 15 is 0 Å². The van der Waals surface area contributed by atoms with Crippen molar-refractivity contribution in [3.8, 4) is 33.9 Å². The average Bonchev–Trinajstić information content (AvgIpc) is 4.04. The number of hydrogen-bond acceptors (Lipinski definition) is 5. The highest BCUT2D eigenvalue weighted by molar-refractivity contribution is 6.30. The van der Waals surface area contributed by atoms with Gasteiger partial charge in [0, 0.05) is 54.6 Å². The molecule has 0 N–H and O–H groups in total. The van der Waals surface area contributed by atoms with Crippen LogP contribution in [0.5, 0.6) is 0 Å². The number of furan rings is 3. The smallest absolute Gasteiger partial charge is 0.160 e. The highest BCUT2D eigenvalue weighted by Crippen LogP contribution is 2.48. The minimum Gasteiger partial charge on any atom is -0.456 e. The van der Waals surface area contributed by atoms with Crippen LogP contribution in [0, 0.1) is 6.92 Å². The maximum Gasteiger partial charge on any atom is 0.160 e. The number of nitrogens with zero attached hydrogens (tertiary/aromatic N) is 2. The number of hydrogen-bond donors (Lipinski definition) is 0. The van der Waals surface area contributed by atoms with Gasteiger partial charge in [0.1, 0.15) is 33.5 Å². The first-order chi connectivity index (χ1) is 30.6. The van der Waals surface area contributed by atoms with Gasteiger partial charge in [-0.1, -0.05) is 133 Å². The average molecular weight is 793 g/mol. The van der Waals surface area contributed by atoms with Gasteiger partial charge in [0.15, 0.2) is 5.82 Å². The molecule has 0 saturated heterocycles. The molecular weight excluding hydrogens is 761 g/mol. The third kappa shape index (κ3) is 4.62. The van der Waals surface area contributed by atoms with Gasteiger partial charge in [0.2, 0.25) is 0 Å². The second-order valence-electron chi connectivity index (χ2n) is 16.4. The zero-order chi connectivity index (χ0) is 40.6. The zero-order valence-corrected chi connectivity index (χ0v) is 33.4. The van der Waals surface area contributed by atoms with Crippen molar-refractivity contribution < 1.29 is 13.3 Å². The van der Waals surface area contributed by atoms with Crippen LogP contribution in [-0.4, -0.2) is 9.97 Å². The van der Waals surface area contributed by atoms with Gasteiger partial charge in [0.05, 0.1) is 11.4 Å². The molecule has 0 atom stereocenters.